The zero-order valence-electron chi connectivity index (χ0n) is 16.5. The van der Waals surface area contributed by atoms with Gasteiger partial charge in [-0.1, -0.05) is 81.3 Å². The number of phenolic OH excluding ortho intramolecular Hbond substituents is 1. The van der Waals surface area contributed by atoms with Gasteiger partial charge in [-0.2, -0.15) is 0 Å². The van der Waals surface area contributed by atoms with Crippen LogP contribution in [0.25, 0.3) is 0 Å². The maximum atomic E-state index is 12.0. The van der Waals surface area contributed by atoms with Gasteiger partial charge in [0.2, 0.25) is 0 Å². The molecule has 0 unspecified atom stereocenters. The molecule has 0 aromatic heterocycles. The van der Waals surface area contributed by atoms with E-state index >= 15 is 0 Å². The fourth-order valence-corrected chi connectivity index (χ4v) is 7.33. The summed E-state index contributed by atoms with van der Waals surface area (Å²) in [7, 11) is -1.85. The van der Waals surface area contributed by atoms with Crippen LogP contribution < -0.4 is 15.1 Å². The number of ether oxygens (including phenoxy) is 1. The SMILES string of the molecule is CC[Si](CC)(c1ccc(O)cc1)c1ccc(OCC(=O)C(C)(C)C)cc1. The second-order valence-electron chi connectivity index (χ2n) is 7.82. The van der Waals surface area contributed by atoms with Gasteiger partial charge in [0, 0.05) is 5.41 Å². The van der Waals surface area contributed by atoms with Crippen LogP contribution >= 0.6 is 0 Å². The van der Waals surface area contributed by atoms with Crippen LogP contribution in [0.3, 0.4) is 0 Å². The van der Waals surface area contributed by atoms with Crippen LogP contribution in [0.5, 0.6) is 11.5 Å². The molecular formula is C22H30O3Si. The zero-order chi connectivity index (χ0) is 19.4. The Morgan fingerprint density at radius 2 is 1.38 bits per heavy atom. The molecule has 0 aliphatic carbocycles. The quantitative estimate of drug-likeness (QED) is 0.750. The molecule has 0 fully saturated rings. The highest BCUT2D eigenvalue weighted by Crippen LogP contribution is 2.20. The van der Waals surface area contributed by atoms with Gasteiger partial charge >= 0.3 is 0 Å². The Kier molecular flexibility index (Phi) is 6.29. The summed E-state index contributed by atoms with van der Waals surface area (Å²) in [5, 5.41) is 12.3. The Balaban J connectivity index is 2.23. The molecule has 0 atom stereocenters. The van der Waals surface area contributed by atoms with E-state index < -0.39 is 8.07 Å². The number of benzene rings is 2. The van der Waals surface area contributed by atoms with E-state index in [0.29, 0.717) is 5.75 Å². The Morgan fingerprint density at radius 1 is 0.923 bits per heavy atom. The number of rotatable bonds is 7. The summed E-state index contributed by atoms with van der Waals surface area (Å²) >= 11 is 0. The van der Waals surface area contributed by atoms with Crippen LogP contribution in [0.2, 0.25) is 12.1 Å². The van der Waals surface area contributed by atoms with Crippen molar-refractivity contribution in [3.05, 3.63) is 48.5 Å². The number of ketones is 1. The first kappa shape index (κ1) is 20.2. The standard InChI is InChI=1S/C22H30O3Si/c1-6-26(7-2,19-12-8-17(23)9-13-19)20-14-10-18(11-15-20)25-16-21(24)22(3,4)5/h8-15,23H,6-7,16H2,1-5H3. The minimum atomic E-state index is -1.85. The Morgan fingerprint density at radius 3 is 1.81 bits per heavy atom. The fourth-order valence-electron chi connectivity index (χ4n) is 3.25. The number of phenols is 1. The van der Waals surface area contributed by atoms with Gasteiger partial charge in [0.1, 0.15) is 26.2 Å². The van der Waals surface area contributed by atoms with Gasteiger partial charge in [0.05, 0.1) is 0 Å². The topological polar surface area (TPSA) is 46.5 Å². The number of carbonyl (C=O) groups excluding carboxylic acids is 1. The van der Waals surface area contributed by atoms with Gasteiger partial charge < -0.3 is 9.84 Å². The Labute approximate surface area is 158 Å². The van der Waals surface area contributed by atoms with Crippen molar-refractivity contribution in [1.29, 1.82) is 0 Å². The van der Waals surface area contributed by atoms with E-state index in [4.69, 9.17) is 4.74 Å². The zero-order valence-corrected chi connectivity index (χ0v) is 17.5. The minimum absolute atomic E-state index is 0.0940. The molecular weight excluding hydrogens is 340 g/mol. The molecule has 0 amide bonds. The number of hydrogen-bond acceptors (Lipinski definition) is 3. The molecule has 3 nitrogen and oxygen atoms in total. The summed E-state index contributed by atoms with van der Waals surface area (Å²) in [4.78, 5) is 12.0. The summed E-state index contributed by atoms with van der Waals surface area (Å²) in [6.45, 7) is 10.3. The molecule has 26 heavy (non-hydrogen) atoms. The lowest BCUT2D eigenvalue weighted by atomic mass is 9.91. The molecule has 2 aromatic rings. The van der Waals surface area contributed by atoms with Crippen LogP contribution in [0.1, 0.15) is 34.6 Å². The summed E-state index contributed by atoms with van der Waals surface area (Å²) in [5.41, 5.74) is -0.384. The lowest BCUT2D eigenvalue weighted by Gasteiger charge is -2.31. The van der Waals surface area contributed by atoms with Crippen molar-refractivity contribution in [2.24, 2.45) is 5.41 Å². The van der Waals surface area contributed by atoms with Crippen molar-refractivity contribution >= 4 is 24.2 Å². The van der Waals surface area contributed by atoms with E-state index in [-0.39, 0.29) is 17.8 Å². The number of carbonyl (C=O) groups is 1. The number of hydrogen-bond donors (Lipinski definition) is 1. The normalized spacial score (nSPS) is 12.0. The molecule has 1 N–H and O–H groups in total. The molecule has 4 heteroatoms. The predicted molar refractivity (Wildman–Crippen MR) is 110 cm³/mol. The van der Waals surface area contributed by atoms with Crippen molar-refractivity contribution in [3.8, 4) is 11.5 Å². The highest BCUT2D eigenvalue weighted by Gasteiger charge is 2.33. The fraction of sp³-hybridized carbons (Fsp3) is 0.409. The van der Waals surface area contributed by atoms with Crippen molar-refractivity contribution < 1.29 is 14.6 Å². The lowest BCUT2D eigenvalue weighted by molar-refractivity contribution is -0.128. The smallest absolute Gasteiger partial charge is 0.175 e. The molecule has 0 saturated heterocycles. The molecule has 140 valence electrons. The third kappa shape index (κ3) is 4.36. The molecule has 0 spiro atoms. The van der Waals surface area contributed by atoms with Crippen LogP contribution in [-0.2, 0) is 4.79 Å². The largest absolute Gasteiger partial charge is 0.508 e. The maximum absolute atomic E-state index is 12.0. The predicted octanol–water partition coefficient (Wildman–Crippen LogP) is 3.99. The number of Topliss-reactive ketones (excluding diaryl/α,β-unsaturated/α-hetero) is 1. The van der Waals surface area contributed by atoms with Gasteiger partial charge in [-0.3, -0.25) is 4.79 Å². The van der Waals surface area contributed by atoms with Crippen molar-refractivity contribution in [2.75, 3.05) is 6.61 Å². The maximum Gasteiger partial charge on any atom is 0.175 e. The van der Waals surface area contributed by atoms with Crippen molar-refractivity contribution in [3.63, 3.8) is 0 Å². The average molecular weight is 371 g/mol. The first-order valence-electron chi connectivity index (χ1n) is 9.29. The van der Waals surface area contributed by atoms with Crippen LogP contribution in [0.15, 0.2) is 48.5 Å². The van der Waals surface area contributed by atoms with E-state index in [1.54, 1.807) is 12.1 Å². The molecule has 0 aliphatic heterocycles. The third-order valence-corrected chi connectivity index (χ3v) is 10.5. The number of aromatic hydroxyl groups is 1. The molecule has 0 radical (unpaired) electrons. The van der Waals surface area contributed by atoms with Crippen LogP contribution in [0, 0.1) is 5.41 Å². The van der Waals surface area contributed by atoms with Crippen LogP contribution in [0.4, 0.5) is 0 Å². The monoisotopic (exact) mass is 370 g/mol. The van der Waals surface area contributed by atoms with E-state index in [9.17, 15) is 9.90 Å². The van der Waals surface area contributed by atoms with Gasteiger partial charge in [-0.05, 0) is 24.3 Å². The Bertz CT molecular complexity index is 723. The van der Waals surface area contributed by atoms with E-state index in [2.05, 4.69) is 38.1 Å². The van der Waals surface area contributed by atoms with Gasteiger partial charge in [-0.25, -0.2) is 0 Å². The van der Waals surface area contributed by atoms with Crippen LogP contribution in [-0.4, -0.2) is 25.6 Å². The van der Waals surface area contributed by atoms with Crippen molar-refractivity contribution in [2.45, 2.75) is 46.7 Å². The average Bonchev–Trinajstić information content (AvgIpc) is 2.62. The highest BCUT2D eigenvalue weighted by molar-refractivity contribution is 7.02. The highest BCUT2D eigenvalue weighted by atomic mass is 28.3. The summed E-state index contributed by atoms with van der Waals surface area (Å²) in [5.74, 6) is 1.12. The first-order chi connectivity index (χ1) is 12.2. The van der Waals surface area contributed by atoms with E-state index in [1.807, 2.05) is 32.9 Å². The lowest BCUT2D eigenvalue weighted by Crippen LogP contribution is -2.57. The summed E-state index contributed by atoms with van der Waals surface area (Å²) < 4.78 is 5.68. The molecule has 2 rings (SSSR count). The molecule has 0 aliphatic rings. The van der Waals surface area contributed by atoms with E-state index in [1.165, 1.54) is 10.4 Å². The van der Waals surface area contributed by atoms with Crippen molar-refractivity contribution in [1.82, 2.24) is 0 Å². The second kappa shape index (κ2) is 8.08. The summed E-state index contributed by atoms with van der Waals surface area (Å²) in [6, 6.07) is 18.1. The van der Waals surface area contributed by atoms with Gasteiger partial charge in [-0.15, -0.1) is 0 Å². The van der Waals surface area contributed by atoms with Gasteiger partial charge in [0.15, 0.2) is 5.78 Å². The molecule has 0 heterocycles. The molecule has 0 saturated carbocycles. The Hall–Kier alpha value is -2.07. The first-order valence-corrected chi connectivity index (χ1v) is 11.7. The second-order valence-corrected chi connectivity index (χ2v) is 12.6. The summed E-state index contributed by atoms with van der Waals surface area (Å²) in [6.07, 6.45) is 0. The molecule has 0 bridgehead atoms. The molecule has 2 aromatic carbocycles. The third-order valence-electron chi connectivity index (χ3n) is 5.24. The van der Waals surface area contributed by atoms with E-state index in [0.717, 1.165) is 17.8 Å². The van der Waals surface area contributed by atoms with Gasteiger partial charge in [0.25, 0.3) is 0 Å². The minimum Gasteiger partial charge on any atom is -0.508 e.